The molecule has 0 spiro atoms. The number of ketones is 2. The fraction of sp³-hybridized carbons (Fsp3) is 0.226. The molecule has 0 saturated heterocycles. The van der Waals surface area contributed by atoms with Gasteiger partial charge in [-0.3, -0.25) is 9.59 Å². The third kappa shape index (κ3) is 10.9. The summed E-state index contributed by atoms with van der Waals surface area (Å²) in [5.74, 6) is -71.3. The lowest BCUT2D eigenvalue weighted by Gasteiger charge is -2.44. The minimum Gasteiger partial charge on any atom is -0.287 e. The molecule has 0 fully saturated rings. The molecule has 0 N–H and O–H groups in total. The predicted molar refractivity (Wildman–Crippen MR) is 240 cm³/mol. The lowest BCUT2D eigenvalue weighted by atomic mass is 9.12. The van der Waals surface area contributed by atoms with Crippen LogP contribution in [-0.4, -0.2) is 17.7 Å². The highest BCUT2D eigenvalue weighted by atomic mass is 19.2. The highest BCUT2D eigenvalue weighted by Crippen LogP contribution is 2.31. The molecular weight excluding hydrogens is 1070 g/mol. The largest absolute Gasteiger partial charge is 0.287 e. The maximum absolute atomic E-state index is 15.4. The van der Waals surface area contributed by atoms with Crippen molar-refractivity contribution in [3.8, 4) is 0 Å². The lowest BCUT2D eigenvalue weighted by Crippen LogP contribution is -2.81. The van der Waals surface area contributed by atoms with E-state index in [4.69, 9.17) is 0 Å². The van der Waals surface area contributed by atoms with Gasteiger partial charge in [0.05, 0.1) is 5.39 Å². The zero-order valence-corrected chi connectivity index (χ0v) is 39.5. The summed E-state index contributed by atoms with van der Waals surface area (Å²) in [5.41, 5.74) is -13.0. The molecule has 0 aliphatic heterocycles. The third-order valence-electron chi connectivity index (χ3n) is 12.8. The molecule has 0 amide bonds. The van der Waals surface area contributed by atoms with Crippen molar-refractivity contribution in [2.75, 3.05) is 0 Å². The third-order valence-corrected chi connectivity index (χ3v) is 12.8. The summed E-state index contributed by atoms with van der Waals surface area (Å²) < 4.78 is 296. The molecule has 1 aromatic heterocycles. The van der Waals surface area contributed by atoms with E-state index in [-0.39, 0.29) is 18.1 Å². The second kappa shape index (κ2) is 24.4. The van der Waals surface area contributed by atoms with Gasteiger partial charge in [0, 0.05) is 18.1 Å². The van der Waals surface area contributed by atoms with Gasteiger partial charge in [0.2, 0.25) is 18.1 Å². The summed E-state index contributed by atoms with van der Waals surface area (Å²) in [6.07, 6.45) is 6.26. The fourth-order valence-electron chi connectivity index (χ4n) is 9.16. The molecule has 77 heavy (non-hydrogen) atoms. The first-order chi connectivity index (χ1) is 36.4. The summed E-state index contributed by atoms with van der Waals surface area (Å²) in [7, 11) is 0. The van der Waals surface area contributed by atoms with Crippen LogP contribution in [0.1, 0.15) is 92.0 Å². The number of fused-ring (bicyclic) bond motifs is 1. The molecule has 0 aliphatic rings. The van der Waals surface area contributed by atoms with Crippen LogP contribution < -0.4 is 26.4 Å². The van der Waals surface area contributed by atoms with Gasteiger partial charge in [-0.25, -0.2) is 87.8 Å². The Morgan fingerprint density at radius 3 is 1.04 bits per heavy atom. The van der Waals surface area contributed by atoms with Gasteiger partial charge < -0.3 is 0 Å². The number of aromatic nitrogens is 1. The predicted octanol–water partition coefficient (Wildman–Crippen LogP) is 13.0. The highest BCUT2D eigenvalue weighted by molar-refractivity contribution is 7.20. The Labute approximate surface area is 423 Å². The number of benzene rings is 6. The summed E-state index contributed by atoms with van der Waals surface area (Å²) >= 11 is 0. The molecule has 0 radical (unpaired) electrons. The van der Waals surface area contributed by atoms with Crippen LogP contribution in [0.3, 0.4) is 0 Å². The van der Waals surface area contributed by atoms with Crippen molar-refractivity contribution >= 4 is 50.3 Å². The van der Waals surface area contributed by atoms with Crippen molar-refractivity contribution in [1.29, 1.82) is 0 Å². The monoisotopic (exact) mass is 1110 g/mol. The maximum Gasteiger partial charge on any atom is 0.256 e. The van der Waals surface area contributed by atoms with Crippen molar-refractivity contribution in [2.24, 2.45) is 0 Å². The van der Waals surface area contributed by atoms with Crippen LogP contribution in [0.5, 0.6) is 0 Å². The molecule has 24 heteroatoms. The van der Waals surface area contributed by atoms with Crippen LogP contribution in [-0.2, 0) is 6.54 Å². The molecule has 408 valence electrons. The van der Waals surface area contributed by atoms with E-state index in [1.807, 2.05) is 71.4 Å². The number of carbonyl (C=O) groups is 2. The summed E-state index contributed by atoms with van der Waals surface area (Å²) in [6.45, 7) is 2.42. The van der Waals surface area contributed by atoms with E-state index >= 15 is 35.1 Å². The van der Waals surface area contributed by atoms with Crippen molar-refractivity contribution in [1.82, 2.24) is 0 Å². The van der Waals surface area contributed by atoms with E-state index in [2.05, 4.69) is 6.92 Å². The Bertz CT molecular complexity index is 3030. The number of unbranched alkanes of at least 4 members (excludes halogenated alkanes) is 8. The van der Waals surface area contributed by atoms with Crippen molar-refractivity contribution < 1.29 is 102 Å². The van der Waals surface area contributed by atoms with Gasteiger partial charge in [-0.15, -0.1) is 21.9 Å². The van der Waals surface area contributed by atoms with Gasteiger partial charge in [-0.05, 0) is 17.9 Å². The number of halogens is 20. The number of Topliss-reactive ketones (excluding diaryl/α,β-unsaturated/α-hetero) is 2. The Morgan fingerprint density at radius 1 is 0.364 bits per heavy atom. The van der Waals surface area contributed by atoms with E-state index < -0.39 is 144 Å². The van der Waals surface area contributed by atoms with Crippen molar-refractivity contribution in [3.63, 3.8) is 0 Å². The molecule has 7 aromatic rings. The number of pyridine rings is 1. The van der Waals surface area contributed by atoms with Crippen molar-refractivity contribution in [3.05, 3.63) is 194 Å². The maximum atomic E-state index is 15.4. The van der Waals surface area contributed by atoms with Gasteiger partial charge in [0.25, 0.3) is 5.69 Å². The van der Waals surface area contributed by atoms with Gasteiger partial charge >= 0.3 is 0 Å². The highest BCUT2D eigenvalue weighted by Gasteiger charge is 2.52. The summed E-state index contributed by atoms with van der Waals surface area (Å²) in [5, 5.41) is 1.96. The summed E-state index contributed by atoms with van der Waals surface area (Å²) in [6, 6.07) is 19.2. The molecule has 7 rings (SSSR count). The number of hydrogen-bond donors (Lipinski definition) is 0. The first-order valence-electron chi connectivity index (χ1n) is 23.2. The molecule has 1 heterocycles. The van der Waals surface area contributed by atoms with E-state index in [1.54, 1.807) is 0 Å². The molecule has 3 nitrogen and oxygen atoms in total. The number of rotatable bonds is 18. The average Bonchev–Trinajstić information content (AvgIpc) is 3.59. The van der Waals surface area contributed by atoms with E-state index in [9.17, 15) is 62.3 Å². The smallest absolute Gasteiger partial charge is 0.256 e. The van der Waals surface area contributed by atoms with Crippen LogP contribution in [0.15, 0.2) is 66.9 Å². The first-order valence-corrected chi connectivity index (χ1v) is 23.2. The first kappa shape index (κ1) is 59.0. The minimum absolute atomic E-state index is 0.0167. The number of hydrogen-bond acceptors (Lipinski definition) is 2. The van der Waals surface area contributed by atoms with Gasteiger partial charge in [-0.2, -0.15) is 4.57 Å². The van der Waals surface area contributed by atoms with Crippen LogP contribution in [0, 0.1) is 116 Å². The second-order valence-corrected chi connectivity index (χ2v) is 17.5. The zero-order valence-electron chi connectivity index (χ0n) is 39.5. The molecule has 0 bridgehead atoms. The SMILES string of the molecule is CCCCCCCCCCCC(=O)c1c2ccccc2cc[n+]1CC(=O)c1ccccc1.Fc1c(F)c(F)c([B-](c2c(F)c(F)c(F)c(F)c2F)(c2c(F)c(F)c(F)c(F)c2F)c2c(F)c(F)c(F)c(F)c2F)c(F)c1F. The lowest BCUT2D eigenvalue weighted by molar-refractivity contribution is -0.683. The molecule has 0 unspecified atom stereocenters. The normalized spacial score (nSPS) is 11.6. The number of carbonyl (C=O) groups excluding carboxylic acids is 2. The van der Waals surface area contributed by atoms with Crippen molar-refractivity contribution in [2.45, 2.75) is 77.7 Å². The Balaban J connectivity index is 0.000000264. The minimum atomic E-state index is -7.22. The zero-order chi connectivity index (χ0) is 57.0. The van der Waals surface area contributed by atoms with Crippen LogP contribution in [0.4, 0.5) is 87.8 Å². The number of nitrogens with zero attached hydrogens (tertiary/aromatic N) is 1. The Morgan fingerprint density at radius 2 is 0.675 bits per heavy atom. The van der Waals surface area contributed by atoms with Crippen LogP contribution in [0.2, 0.25) is 0 Å². The Kier molecular flexibility index (Phi) is 18.7. The molecule has 0 atom stereocenters. The van der Waals surface area contributed by atoms with E-state index in [0.717, 1.165) is 23.6 Å². The quantitative estimate of drug-likeness (QED) is 0.0163. The summed E-state index contributed by atoms with van der Waals surface area (Å²) in [4.78, 5) is 26.1. The average molecular weight is 1110 g/mol. The molecule has 0 aliphatic carbocycles. The van der Waals surface area contributed by atoms with E-state index in [0.29, 0.717) is 17.7 Å². The standard InChI is InChI=1S/C29H36NO2.C24BF20/c1-2-3-4-5-6-7-8-9-13-20-27(31)29-26-19-15-14-16-24(26)21-22-30(29)23-28(32)25-17-11-10-12-18-25;26-5-1(6(27)14(35)21(42)13(5)34)25(2-7(28)15(36)22(43)16(37)8(2)29,3-9(30)17(38)23(44)18(39)10(3)31)4-11(32)19(40)24(45)20(41)12(4)33/h10-12,14-19,21-22H,2-9,13,20,23H2,1H3;/q+1;-1. The topological polar surface area (TPSA) is 38.0 Å². The van der Waals surface area contributed by atoms with Gasteiger partial charge in [-0.1, -0.05) is 107 Å². The Hall–Kier alpha value is -7.27. The molecule has 0 saturated carbocycles. The van der Waals surface area contributed by atoms with Gasteiger partial charge in [0.1, 0.15) is 52.7 Å². The van der Waals surface area contributed by atoms with Gasteiger partial charge in [0.15, 0.2) is 76.0 Å². The molecule has 6 aromatic carbocycles. The molecular formula is C53H36BF20NO2. The second-order valence-electron chi connectivity index (χ2n) is 17.5. The van der Waals surface area contributed by atoms with E-state index in [1.165, 1.54) is 44.9 Å². The van der Waals surface area contributed by atoms with Crippen LogP contribution in [0.25, 0.3) is 10.8 Å². The van der Waals surface area contributed by atoms with Crippen LogP contribution >= 0.6 is 0 Å². The fourth-order valence-corrected chi connectivity index (χ4v) is 9.16.